The number of halogens is 3. The lowest BCUT2D eigenvalue weighted by atomic mass is 9.94. The van der Waals surface area contributed by atoms with Crippen LogP contribution in [0.2, 0.25) is 5.02 Å². The molecule has 0 N–H and O–H groups in total. The second-order valence-corrected chi connectivity index (χ2v) is 5.32. The SMILES string of the molecule is Fc1ccc(C(CBr)Cc2cccc(Cl)c2)cc1. The molecule has 0 aromatic heterocycles. The predicted octanol–water partition coefficient (Wildman–Crippen LogP) is 5.20. The Kier molecular flexibility index (Phi) is 4.79. The monoisotopic (exact) mass is 326 g/mol. The smallest absolute Gasteiger partial charge is 0.123 e. The van der Waals surface area contributed by atoms with Crippen molar-refractivity contribution in [3.8, 4) is 0 Å². The van der Waals surface area contributed by atoms with Crippen LogP contribution in [-0.2, 0) is 6.42 Å². The van der Waals surface area contributed by atoms with Gasteiger partial charge in [0.1, 0.15) is 5.82 Å². The van der Waals surface area contributed by atoms with Crippen LogP contribution in [0.1, 0.15) is 17.0 Å². The highest BCUT2D eigenvalue weighted by Crippen LogP contribution is 2.24. The van der Waals surface area contributed by atoms with Crippen molar-refractivity contribution < 1.29 is 4.39 Å². The van der Waals surface area contributed by atoms with Crippen LogP contribution in [0.5, 0.6) is 0 Å². The van der Waals surface area contributed by atoms with Crippen LogP contribution in [0.3, 0.4) is 0 Å². The third-order valence-electron chi connectivity index (χ3n) is 2.90. The van der Waals surface area contributed by atoms with Gasteiger partial charge in [-0.3, -0.25) is 0 Å². The van der Waals surface area contributed by atoms with Crippen molar-refractivity contribution in [3.05, 3.63) is 70.5 Å². The van der Waals surface area contributed by atoms with Crippen LogP contribution in [-0.4, -0.2) is 5.33 Å². The van der Waals surface area contributed by atoms with Crippen molar-refractivity contribution >= 4 is 27.5 Å². The molecule has 0 aliphatic rings. The van der Waals surface area contributed by atoms with Crippen LogP contribution >= 0.6 is 27.5 Å². The molecule has 2 aromatic carbocycles. The fraction of sp³-hybridized carbons (Fsp3) is 0.200. The first kappa shape index (κ1) is 13.6. The molecule has 0 radical (unpaired) electrons. The van der Waals surface area contributed by atoms with E-state index in [1.54, 1.807) is 0 Å². The van der Waals surface area contributed by atoms with E-state index in [1.807, 2.05) is 30.3 Å². The summed E-state index contributed by atoms with van der Waals surface area (Å²) < 4.78 is 12.9. The average Bonchev–Trinajstić information content (AvgIpc) is 2.37. The maximum absolute atomic E-state index is 12.9. The highest BCUT2D eigenvalue weighted by atomic mass is 79.9. The van der Waals surface area contributed by atoms with E-state index in [9.17, 15) is 4.39 Å². The Morgan fingerprint density at radius 3 is 2.44 bits per heavy atom. The second kappa shape index (κ2) is 6.35. The van der Waals surface area contributed by atoms with Gasteiger partial charge in [-0.2, -0.15) is 0 Å². The Bertz CT molecular complexity index is 510. The number of rotatable bonds is 4. The summed E-state index contributed by atoms with van der Waals surface area (Å²) >= 11 is 9.50. The highest BCUT2D eigenvalue weighted by molar-refractivity contribution is 9.09. The van der Waals surface area contributed by atoms with E-state index in [2.05, 4.69) is 22.0 Å². The van der Waals surface area contributed by atoms with Crippen LogP contribution in [0, 0.1) is 5.82 Å². The molecule has 2 rings (SSSR count). The highest BCUT2D eigenvalue weighted by Gasteiger charge is 2.11. The van der Waals surface area contributed by atoms with Crippen molar-refractivity contribution in [1.82, 2.24) is 0 Å². The molecule has 94 valence electrons. The molecule has 3 heteroatoms. The third-order valence-corrected chi connectivity index (χ3v) is 3.92. The van der Waals surface area contributed by atoms with E-state index in [4.69, 9.17) is 11.6 Å². The molecule has 0 aliphatic carbocycles. The van der Waals surface area contributed by atoms with E-state index in [0.29, 0.717) is 5.92 Å². The topological polar surface area (TPSA) is 0 Å². The number of benzene rings is 2. The molecule has 1 unspecified atom stereocenters. The van der Waals surface area contributed by atoms with Gasteiger partial charge in [-0.15, -0.1) is 0 Å². The van der Waals surface area contributed by atoms with Crippen LogP contribution < -0.4 is 0 Å². The van der Waals surface area contributed by atoms with Crippen LogP contribution in [0.25, 0.3) is 0 Å². The van der Waals surface area contributed by atoms with Gasteiger partial charge in [0.2, 0.25) is 0 Å². The minimum absolute atomic E-state index is 0.199. The van der Waals surface area contributed by atoms with Crippen molar-refractivity contribution in [3.63, 3.8) is 0 Å². The Hall–Kier alpha value is -0.860. The maximum Gasteiger partial charge on any atom is 0.123 e. The molecule has 0 nitrogen and oxygen atoms in total. The lowest BCUT2D eigenvalue weighted by molar-refractivity contribution is 0.625. The fourth-order valence-electron chi connectivity index (χ4n) is 1.94. The summed E-state index contributed by atoms with van der Waals surface area (Å²) in [5.74, 6) is 0.124. The van der Waals surface area contributed by atoms with E-state index in [0.717, 1.165) is 22.3 Å². The van der Waals surface area contributed by atoms with E-state index in [-0.39, 0.29) is 5.82 Å². The van der Waals surface area contributed by atoms with Gasteiger partial charge < -0.3 is 0 Å². The standard InChI is InChI=1S/C15H13BrClF/c16-10-13(12-4-6-15(18)7-5-12)8-11-2-1-3-14(17)9-11/h1-7,9,13H,8,10H2. The lowest BCUT2D eigenvalue weighted by Crippen LogP contribution is -2.04. The van der Waals surface area contributed by atoms with Gasteiger partial charge in [-0.1, -0.05) is 51.8 Å². The quantitative estimate of drug-likeness (QED) is 0.677. The van der Waals surface area contributed by atoms with Gasteiger partial charge in [-0.25, -0.2) is 4.39 Å². The first-order chi connectivity index (χ1) is 8.69. The molecule has 0 heterocycles. The maximum atomic E-state index is 12.9. The zero-order valence-corrected chi connectivity index (χ0v) is 12.1. The fourth-order valence-corrected chi connectivity index (χ4v) is 2.76. The lowest BCUT2D eigenvalue weighted by Gasteiger charge is -2.14. The average molecular weight is 328 g/mol. The molecule has 0 aliphatic heterocycles. The largest absolute Gasteiger partial charge is 0.207 e. The molecule has 18 heavy (non-hydrogen) atoms. The van der Waals surface area contributed by atoms with Gasteiger partial charge in [-0.05, 0) is 47.7 Å². The van der Waals surface area contributed by atoms with E-state index >= 15 is 0 Å². The van der Waals surface area contributed by atoms with Gasteiger partial charge in [0.15, 0.2) is 0 Å². The minimum Gasteiger partial charge on any atom is -0.207 e. The molecular weight excluding hydrogens is 315 g/mol. The van der Waals surface area contributed by atoms with E-state index in [1.165, 1.54) is 17.7 Å². The molecule has 0 saturated carbocycles. The number of alkyl halides is 1. The first-order valence-corrected chi connectivity index (χ1v) is 7.25. The zero-order valence-electron chi connectivity index (χ0n) is 9.74. The molecule has 0 amide bonds. The number of hydrogen-bond acceptors (Lipinski definition) is 0. The summed E-state index contributed by atoms with van der Waals surface area (Å²) in [6.07, 6.45) is 0.886. The summed E-state index contributed by atoms with van der Waals surface area (Å²) in [6.45, 7) is 0. The van der Waals surface area contributed by atoms with Crippen LogP contribution in [0.4, 0.5) is 4.39 Å². The normalized spacial score (nSPS) is 12.4. The Labute approximate surface area is 120 Å². The Morgan fingerprint density at radius 2 is 1.83 bits per heavy atom. The molecule has 2 aromatic rings. The minimum atomic E-state index is -0.199. The van der Waals surface area contributed by atoms with Gasteiger partial charge in [0, 0.05) is 10.4 Å². The van der Waals surface area contributed by atoms with Crippen LogP contribution in [0.15, 0.2) is 48.5 Å². The second-order valence-electron chi connectivity index (χ2n) is 4.24. The van der Waals surface area contributed by atoms with Crippen molar-refractivity contribution in [2.75, 3.05) is 5.33 Å². The van der Waals surface area contributed by atoms with Gasteiger partial charge in [0.05, 0.1) is 0 Å². The third kappa shape index (κ3) is 3.56. The van der Waals surface area contributed by atoms with E-state index < -0.39 is 0 Å². The van der Waals surface area contributed by atoms with Gasteiger partial charge >= 0.3 is 0 Å². The molecule has 0 saturated heterocycles. The Balaban J connectivity index is 2.17. The number of hydrogen-bond donors (Lipinski definition) is 0. The molecule has 0 spiro atoms. The van der Waals surface area contributed by atoms with Crippen molar-refractivity contribution in [2.24, 2.45) is 0 Å². The summed E-state index contributed by atoms with van der Waals surface area (Å²) in [7, 11) is 0. The summed E-state index contributed by atoms with van der Waals surface area (Å²) in [4.78, 5) is 0. The Morgan fingerprint density at radius 1 is 1.11 bits per heavy atom. The molecule has 0 fully saturated rings. The molecule has 1 atom stereocenters. The zero-order chi connectivity index (χ0) is 13.0. The summed E-state index contributed by atoms with van der Waals surface area (Å²) in [5.41, 5.74) is 2.32. The predicted molar refractivity (Wildman–Crippen MR) is 78.1 cm³/mol. The summed E-state index contributed by atoms with van der Waals surface area (Å²) in [5, 5.41) is 1.59. The first-order valence-electron chi connectivity index (χ1n) is 5.75. The van der Waals surface area contributed by atoms with Gasteiger partial charge in [0.25, 0.3) is 0 Å². The molecule has 0 bridgehead atoms. The van der Waals surface area contributed by atoms with Crippen molar-refractivity contribution in [1.29, 1.82) is 0 Å². The van der Waals surface area contributed by atoms with Crippen molar-refractivity contribution in [2.45, 2.75) is 12.3 Å². The summed E-state index contributed by atoms with van der Waals surface area (Å²) in [6, 6.07) is 14.5. The molecular formula is C15H13BrClF.